The summed E-state index contributed by atoms with van der Waals surface area (Å²) in [6.07, 6.45) is 3.93. The smallest absolute Gasteiger partial charge is 0.399 e. The minimum absolute atomic E-state index is 0.286. The van der Waals surface area contributed by atoms with E-state index in [1.807, 2.05) is 22.6 Å². The van der Waals surface area contributed by atoms with Gasteiger partial charge < -0.3 is 9.31 Å². The van der Waals surface area contributed by atoms with Crippen LogP contribution in [0.2, 0.25) is 0 Å². The summed E-state index contributed by atoms with van der Waals surface area (Å²) in [7, 11) is -0.295. The van der Waals surface area contributed by atoms with Crippen molar-refractivity contribution in [3.8, 4) is 0 Å². The maximum Gasteiger partial charge on any atom is 0.498 e. The van der Waals surface area contributed by atoms with Crippen molar-refractivity contribution >= 4 is 24.3 Å². The Morgan fingerprint density at radius 1 is 1.28 bits per heavy atom. The Bertz CT molecular complexity index is 441. The number of nitrogens with zero attached hydrogens (tertiary/aromatic N) is 2. The van der Waals surface area contributed by atoms with E-state index in [-0.39, 0.29) is 18.3 Å². The fourth-order valence-electron chi connectivity index (χ4n) is 2.03. The molecule has 98 valence electrons. The van der Waals surface area contributed by atoms with Crippen LogP contribution >= 0.6 is 11.8 Å². The fraction of sp³-hybridized carbons (Fsp3) is 0.750. The monoisotopic (exact) mass is 266 g/mol. The zero-order valence-corrected chi connectivity index (χ0v) is 12.2. The van der Waals surface area contributed by atoms with Gasteiger partial charge in [-0.05, 0) is 27.7 Å². The molecule has 4 nitrogen and oxygen atoms in total. The molecule has 0 saturated carbocycles. The van der Waals surface area contributed by atoms with Gasteiger partial charge in [-0.1, -0.05) is 0 Å². The quantitative estimate of drug-likeness (QED) is 0.759. The van der Waals surface area contributed by atoms with Crippen molar-refractivity contribution in [3.63, 3.8) is 0 Å². The molecule has 18 heavy (non-hydrogen) atoms. The van der Waals surface area contributed by atoms with Gasteiger partial charge in [0.15, 0.2) is 0 Å². The van der Waals surface area contributed by atoms with Gasteiger partial charge in [0.1, 0.15) is 0 Å². The number of hydrogen-bond acceptors (Lipinski definition) is 4. The van der Waals surface area contributed by atoms with Gasteiger partial charge in [-0.2, -0.15) is 16.9 Å². The van der Waals surface area contributed by atoms with Crippen LogP contribution in [0.3, 0.4) is 0 Å². The van der Waals surface area contributed by atoms with Crippen LogP contribution in [0.1, 0.15) is 33.7 Å². The summed E-state index contributed by atoms with van der Waals surface area (Å²) in [5.74, 6) is 2.31. The second kappa shape index (κ2) is 4.02. The van der Waals surface area contributed by atoms with Crippen LogP contribution in [0.4, 0.5) is 0 Å². The molecule has 0 radical (unpaired) electrons. The summed E-state index contributed by atoms with van der Waals surface area (Å²) in [6.45, 7) is 8.28. The third kappa shape index (κ3) is 1.91. The van der Waals surface area contributed by atoms with Gasteiger partial charge in [0, 0.05) is 29.4 Å². The van der Waals surface area contributed by atoms with Crippen molar-refractivity contribution in [2.45, 2.75) is 44.9 Å². The molecule has 0 spiro atoms. The van der Waals surface area contributed by atoms with Crippen molar-refractivity contribution in [3.05, 3.63) is 12.4 Å². The third-order valence-electron chi connectivity index (χ3n) is 4.14. The van der Waals surface area contributed by atoms with E-state index in [1.165, 1.54) is 0 Å². The molecular weight excluding hydrogens is 247 g/mol. The molecule has 2 fully saturated rings. The largest absolute Gasteiger partial charge is 0.498 e. The summed E-state index contributed by atoms with van der Waals surface area (Å²) < 4.78 is 14.1. The molecule has 3 heterocycles. The molecule has 0 aromatic carbocycles. The van der Waals surface area contributed by atoms with E-state index in [1.54, 1.807) is 0 Å². The summed E-state index contributed by atoms with van der Waals surface area (Å²) in [5, 5.41) is 4.42. The predicted molar refractivity (Wildman–Crippen MR) is 74.3 cm³/mol. The first kappa shape index (κ1) is 12.6. The van der Waals surface area contributed by atoms with Gasteiger partial charge in [-0.25, -0.2) is 0 Å². The second-order valence-electron chi connectivity index (χ2n) is 6.03. The van der Waals surface area contributed by atoms with E-state index in [0.29, 0.717) is 6.04 Å². The van der Waals surface area contributed by atoms with Crippen LogP contribution in [-0.4, -0.2) is 39.6 Å². The van der Waals surface area contributed by atoms with Crippen LogP contribution in [-0.2, 0) is 9.31 Å². The molecule has 2 aliphatic heterocycles. The standard InChI is InChI=1S/C12H19BN2O2S/c1-11(2)12(3,4)17-13(16-11)9-5-14-15(6-9)10-7-18-8-10/h5-6,10H,7-8H2,1-4H3. The molecule has 2 saturated heterocycles. The summed E-state index contributed by atoms with van der Waals surface area (Å²) in [5.41, 5.74) is 0.448. The highest BCUT2D eigenvalue weighted by molar-refractivity contribution is 8.00. The highest BCUT2D eigenvalue weighted by atomic mass is 32.2. The van der Waals surface area contributed by atoms with E-state index < -0.39 is 0 Å². The molecule has 1 aromatic rings. The number of rotatable bonds is 2. The Balaban J connectivity index is 1.78. The Morgan fingerprint density at radius 3 is 2.39 bits per heavy atom. The van der Waals surface area contributed by atoms with Crippen molar-refractivity contribution in [2.24, 2.45) is 0 Å². The lowest BCUT2D eigenvalue weighted by Crippen LogP contribution is -2.41. The lowest BCUT2D eigenvalue weighted by Gasteiger charge is -2.32. The van der Waals surface area contributed by atoms with Crippen LogP contribution in [0.25, 0.3) is 0 Å². The SMILES string of the molecule is CC1(C)OB(c2cnn(C3CSC3)c2)OC1(C)C. The van der Waals surface area contributed by atoms with Gasteiger partial charge in [0.2, 0.25) is 0 Å². The Labute approximate surface area is 113 Å². The van der Waals surface area contributed by atoms with Crippen LogP contribution in [0.5, 0.6) is 0 Å². The molecule has 1 aromatic heterocycles. The second-order valence-corrected chi connectivity index (χ2v) is 7.11. The van der Waals surface area contributed by atoms with Crippen LogP contribution < -0.4 is 5.46 Å². The van der Waals surface area contributed by atoms with Gasteiger partial charge in [0.25, 0.3) is 0 Å². The van der Waals surface area contributed by atoms with Gasteiger partial charge in [-0.15, -0.1) is 0 Å². The van der Waals surface area contributed by atoms with E-state index in [9.17, 15) is 0 Å². The van der Waals surface area contributed by atoms with E-state index in [4.69, 9.17) is 9.31 Å². The lowest BCUT2D eigenvalue weighted by molar-refractivity contribution is 0.00578. The average molecular weight is 266 g/mol. The molecule has 0 N–H and O–H groups in total. The Kier molecular flexibility index (Phi) is 2.81. The van der Waals surface area contributed by atoms with Crippen LogP contribution in [0, 0.1) is 0 Å². The van der Waals surface area contributed by atoms with Crippen molar-refractivity contribution in [1.29, 1.82) is 0 Å². The number of hydrogen-bond donors (Lipinski definition) is 0. The minimum atomic E-state index is -0.295. The molecule has 6 heteroatoms. The van der Waals surface area contributed by atoms with Crippen molar-refractivity contribution < 1.29 is 9.31 Å². The molecule has 2 aliphatic rings. The first-order chi connectivity index (χ1) is 8.39. The Hall–Kier alpha value is -0.455. The first-order valence-corrected chi connectivity index (χ1v) is 7.52. The molecule has 0 unspecified atom stereocenters. The molecule has 3 rings (SSSR count). The van der Waals surface area contributed by atoms with E-state index in [2.05, 4.69) is 39.0 Å². The number of aromatic nitrogens is 2. The fourth-order valence-corrected chi connectivity index (χ4v) is 2.78. The van der Waals surface area contributed by atoms with E-state index in [0.717, 1.165) is 17.0 Å². The summed E-state index contributed by atoms with van der Waals surface area (Å²) >= 11 is 1.96. The first-order valence-electron chi connectivity index (χ1n) is 6.36. The zero-order valence-electron chi connectivity index (χ0n) is 11.3. The maximum atomic E-state index is 6.01. The normalized spacial score (nSPS) is 26.3. The minimum Gasteiger partial charge on any atom is -0.399 e. The lowest BCUT2D eigenvalue weighted by atomic mass is 9.82. The summed E-state index contributed by atoms with van der Waals surface area (Å²) in [6, 6.07) is 0.547. The highest BCUT2D eigenvalue weighted by Crippen LogP contribution is 2.36. The molecule has 0 bridgehead atoms. The topological polar surface area (TPSA) is 36.3 Å². The van der Waals surface area contributed by atoms with Gasteiger partial charge >= 0.3 is 7.12 Å². The molecule has 0 atom stereocenters. The van der Waals surface area contributed by atoms with Gasteiger partial charge in [-0.3, -0.25) is 4.68 Å². The molecular formula is C12H19BN2O2S. The van der Waals surface area contributed by atoms with Crippen LogP contribution in [0.15, 0.2) is 12.4 Å². The van der Waals surface area contributed by atoms with E-state index >= 15 is 0 Å². The van der Waals surface area contributed by atoms with Crippen molar-refractivity contribution in [1.82, 2.24) is 9.78 Å². The van der Waals surface area contributed by atoms with Crippen molar-refractivity contribution in [2.75, 3.05) is 11.5 Å². The summed E-state index contributed by atoms with van der Waals surface area (Å²) in [4.78, 5) is 0. The maximum absolute atomic E-state index is 6.01. The highest BCUT2D eigenvalue weighted by Gasteiger charge is 2.52. The third-order valence-corrected chi connectivity index (χ3v) is 5.38. The molecule has 0 amide bonds. The number of thioether (sulfide) groups is 1. The zero-order chi connectivity index (χ0) is 13.0. The molecule has 0 aliphatic carbocycles. The predicted octanol–water partition coefficient (Wildman–Crippen LogP) is 1.47. The Morgan fingerprint density at radius 2 is 1.89 bits per heavy atom. The average Bonchev–Trinajstić information content (AvgIpc) is 2.68. The van der Waals surface area contributed by atoms with Gasteiger partial charge in [0.05, 0.1) is 17.2 Å².